The molecule has 6 nitrogen and oxygen atoms in total. The van der Waals surface area contributed by atoms with Crippen molar-refractivity contribution >= 4 is 16.9 Å². The molecule has 0 radical (unpaired) electrons. The van der Waals surface area contributed by atoms with Crippen LogP contribution in [0, 0.1) is 12.8 Å². The number of nitrogens with one attached hydrogen (secondary N) is 2. The number of fused-ring (bicyclic) bond motifs is 1. The third-order valence-electron chi connectivity index (χ3n) is 4.72. The van der Waals surface area contributed by atoms with Crippen LogP contribution in [0.5, 0.6) is 0 Å². The van der Waals surface area contributed by atoms with Crippen molar-refractivity contribution in [1.82, 2.24) is 25.1 Å². The molecule has 4 rings (SSSR count). The maximum absolute atomic E-state index is 12.9. The zero-order valence-corrected chi connectivity index (χ0v) is 13.7. The van der Waals surface area contributed by atoms with E-state index >= 15 is 0 Å². The molecule has 1 fully saturated rings. The third kappa shape index (κ3) is 2.91. The van der Waals surface area contributed by atoms with Crippen LogP contribution in [0.4, 0.5) is 0 Å². The zero-order valence-electron chi connectivity index (χ0n) is 13.7. The highest BCUT2D eigenvalue weighted by molar-refractivity contribution is 5.97. The van der Waals surface area contributed by atoms with E-state index in [9.17, 15) is 4.79 Å². The van der Waals surface area contributed by atoms with E-state index in [4.69, 9.17) is 0 Å². The first kappa shape index (κ1) is 14.9. The van der Waals surface area contributed by atoms with Gasteiger partial charge in [0.25, 0.3) is 5.91 Å². The van der Waals surface area contributed by atoms with Crippen LogP contribution in [-0.4, -0.2) is 44.1 Å². The Hall–Kier alpha value is -2.63. The van der Waals surface area contributed by atoms with Crippen molar-refractivity contribution in [3.05, 3.63) is 47.5 Å². The summed E-state index contributed by atoms with van der Waals surface area (Å²) in [4.78, 5) is 22.4. The number of aryl methyl sites for hydroxylation is 1. The SMILES string of the molecule is Cc1nc2ccc(C(=O)N3CCCC(Cc4ccn[nH]4)C3)cc2[nH]1. The second-order valence-electron chi connectivity index (χ2n) is 6.60. The van der Waals surface area contributed by atoms with Crippen LogP contribution < -0.4 is 0 Å². The van der Waals surface area contributed by atoms with Gasteiger partial charge in [-0.25, -0.2) is 4.98 Å². The number of rotatable bonds is 3. The molecule has 1 aliphatic rings. The van der Waals surface area contributed by atoms with Crippen molar-refractivity contribution < 1.29 is 4.79 Å². The fourth-order valence-corrected chi connectivity index (χ4v) is 3.58. The molecule has 2 N–H and O–H groups in total. The monoisotopic (exact) mass is 323 g/mol. The number of hydrogen-bond donors (Lipinski definition) is 2. The normalized spacial score (nSPS) is 18.2. The second-order valence-corrected chi connectivity index (χ2v) is 6.60. The third-order valence-corrected chi connectivity index (χ3v) is 4.72. The number of aromatic nitrogens is 4. The van der Waals surface area contributed by atoms with Crippen LogP contribution in [0.1, 0.15) is 34.7 Å². The number of imidazole rings is 1. The molecule has 1 unspecified atom stereocenters. The Bertz CT molecular complexity index is 852. The molecular formula is C18H21N5O. The van der Waals surface area contributed by atoms with E-state index in [2.05, 4.69) is 20.2 Å². The Morgan fingerprint density at radius 1 is 1.38 bits per heavy atom. The van der Waals surface area contributed by atoms with Crippen LogP contribution in [0.3, 0.4) is 0 Å². The van der Waals surface area contributed by atoms with Crippen LogP contribution in [0.2, 0.25) is 0 Å². The van der Waals surface area contributed by atoms with Gasteiger partial charge in [0.1, 0.15) is 5.82 Å². The number of aromatic amines is 2. The average Bonchev–Trinajstić information content (AvgIpc) is 3.22. The van der Waals surface area contributed by atoms with E-state index in [0.29, 0.717) is 5.92 Å². The van der Waals surface area contributed by atoms with Crippen molar-refractivity contribution in [3.8, 4) is 0 Å². The van der Waals surface area contributed by atoms with Gasteiger partial charge in [0.05, 0.1) is 11.0 Å². The molecule has 24 heavy (non-hydrogen) atoms. The molecule has 6 heteroatoms. The first-order chi connectivity index (χ1) is 11.7. The molecule has 1 amide bonds. The quantitative estimate of drug-likeness (QED) is 0.778. The van der Waals surface area contributed by atoms with Gasteiger partial charge in [0.15, 0.2) is 0 Å². The van der Waals surface area contributed by atoms with Crippen LogP contribution in [0.15, 0.2) is 30.5 Å². The number of nitrogens with zero attached hydrogens (tertiary/aromatic N) is 3. The smallest absolute Gasteiger partial charge is 0.253 e. The molecule has 0 saturated carbocycles. The van der Waals surface area contributed by atoms with Crippen molar-refractivity contribution in [2.24, 2.45) is 5.92 Å². The Morgan fingerprint density at radius 2 is 2.29 bits per heavy atom. The molecule has 124 valence electrons. The van der Waals surface area contributed by atoms with Crippen molar-refractivity contribution in [3.63, 3.8) is 0 Å². The van der Waals surface area contributed by atoms with Gasteiger partial charge in [0, 0.05) is 30.5 Å². The van der Waals surface area contributed by atoms with Gasteiger partial charge < -0.3 is 9.88 Å². The van der Waals surface area contributed by atoms with Gasteiger partial charge in [-0.15, -0.1) is 0 Å². The lowest BCUT2D eigenvalue weighted by Gasteiger charge is -2.32. The Balaban J connectivity index is 1.49. The Morgan fingerprint density at radius 3 is 3.12 bits per heavy atom. The van der Waals surface area contributed by atoms with Crippen LogP contribution in [-0.2, 0) is 6.42 Å². The van der Waals surface area contributed by atoms with E-state index in [-0.39, 0.29) is 5.91 Å². The summed E-state index contributed by atoms with van der Waals surface area (Å²) in [7, 11) is 0. The Labute approximate surface area is 140 Å². The lowest BCUT2D eigenvalue weighted by molar-refractivity contribution is 0.0673. The van der Waals surface area contributed by atoms with E-state index in [1.807, 2.05) is 36.1 Å². The molecule has 0 spiro atoms. The molecule has 1 aromatic carbocycles. The predicted molar refractivity (Wildman–Crippen MR) is 91.7 cm³/mol. The number of benzene rings is 1. The number of likely N-dealkylation sites (tertiary alicyclic amines) is 1. The zero-order chi connectivity index (χ0) is 16.5. The number of carbonyl (C=O) groups excluding carboxylic acids is 1. The molecule has 1 atom stereocenters. The Kier molecular flexibility index (Phi) is 3.80. The van der Waals surface area contributed by atoms with Crippen LogP contribution >= 0.6 is 0 Å². The average molecular weight is 323 g/mol. The maximum Gasteiger partial charge on any atom is 0.253 e. The topological polar surface area (TPSA) is 77.7 Å². The van der Waals surface area contributed by atoms with E-state index in [0.717, 1.165) is 60.5 Å². The molecule has 0 aliphatic carbocycles. The van der Waals surface area contributed by atoms with E-state index in [1.165, 1.54) is 0 Å². The minimum absolute atomic E-state index is 0.110. The van der Waals surface area contributed by atoms with E-state index < -0.39 is 0 Å². The maximum atomic E-state index is 12.9. The molecule has 3 heterocycles. The van der Waals surface area contributed by atoms with Gasteiger partial charge in [0.2, 0.25) is 0 Å². The summed E-state index contributed by atoms with van der Waals surface area (Å²) in [5, 5.41) is 7.02. The summed E-state index contributed by atoms with van der Waals surface area (Å²) >= 11 is 0. The van der Waals surface area contributed by atoms with Crippen molar-refractivity contribution in [2.75, 3.05) is 13.1 Å². The summed E-state index contributed by atoms with van der Waals surface area (Å²) in [6, 6.07) is 7.72. The fraction of sp³-hybridized carbons (Fsp3) is 0.389. The number of amides is 1. The highest BCUT2D eigenvalue weighted by atomic mass is 16.2. The van der Waals surface area contributed by atoms with Gasteiger partial charge in [-0.2, -0.15) is 5.10 Å². The minimum Gasteiger partial charge on any atom is -0.342 e. The highest BCUT2D eigenvalue weighted by Crippen LogP contribution is 2.22. The summed E-state index contributed by atoms with van der Waals surface area (Å²) in [6.07, 6.45) is 4.93. The number of carbonyl (C=O) groups is 1. The van der Waals surface area contributed by atoms with Crippen LogP contribution in [0.25, 0.3) is 11.0 Å². The van der Waals surface area contributed by atoms with Crippen molar-refractivity contribution in [1.29, 1.82) is 0 Å². The molecule has 1 saturated heterocycles. The predicted octanol–water partition coefficient (Wildman–Crippen LogP) is 2.69. The largest absolute Gasteiger partial charge is 0.342 e. The fourth-order valence-electron chi connectivity index (χ4n) is 3.58. The summed E-state index contributed by atoms with van der Waals surface area (Å²) in [5.74, 6) is 1.46. The molecule has 2 aromatic heterocycles. The first-order valence-corrected chi connectivity index (χ1v) is 8.43. The lowest BCUT2D eigenvalue weighted by Crippen LogP contribution is -2.40. The van der Waals surface area contributed by atoms with Gasteiger partial charge in [-0.1, -0.05) is 0 Å². The second kappa shape index (κ2) is 6.11. The highest BCUT2D eigenvalue weighted by Gasteiger charge is 2.25. The molecule has 3 aromatic rings. The molecule has 0 bridgehead atoms. The minimum atomic E-state index is 0.110. The summed E-state index contributed by atoms with van der Waals surface area (Å²) < 4.78 is 0. The van der Waals surface area contributed by atoms with Gasteiger partial charge in [-0.05, 0) is 56.4 Å². The number of H-pyrrole nitrogens is 2. The van der Waals surface area contributed by atoms with Gasteiger partial charge in [-0.3, -0.25) is 9.89 Å². The molecule has 1 aliphatic heterocycles. The van der Waals surface area contributed by atoms with E-state index in [1.54, 1.807) is 6.20 Å². The number of hydrogen-bond acceptors (Lipinski definition) is 3. The lowest BCUT2D eigenvalue weighted by atomic mass is 9.93. The summed E-state index contributed by atoms with van der Waals surface area (Å²) in [6.45, 7) is 3.56. The first-order valence-electron chi connectivity index (χ1n) is 8.43. The summed E-state index contributed by atoms with van der Waals surface area (Å²) in [5.41, 5.74) is 3.70. The van der Waals surface area contributed by atoms with Gasteiger partial charge >= 0.3 is 0 Å². The molecular weight excluding hydrogens is 302 g/mol. The van der Waals surface area contributed by atoms with Crippen molar-refractivity contribution in [2.45, 2.75) is 26.2 Å². The standard InChI is InChI=1S/C18H21N5O/c1-12-20-16-5-4-14(10-17(16)21-12)18(24)23-8-2-3-13(11-23)9-15-6-7-19-22-15/h4-7,10,13H,2-3,8-9,11H2,1H3,(H,19,22)(H,20,21). The number of piperidine rings is 1.